The number of nitrogens with zero attached hydrogens (tertiary/aromatic N) is 2. The topological polar surface area (TPSA) is 54.9 Å². The molecule has 1 rings (SSSR count). The zero-order valence-electron chi connectivity index (χ0n) is 7.03. The van der Waals surface area contributed by atoms with Crippen molar-refractivity contribution >= 4 is 5.91 Å². The molecule has 13 heavy (non-hydrogen) atoms. The maximum absolute atomic E-state index is 11.1. The summed E-state index contributed by atoms with van der Waals surface area (Å²) < 4.78 is 0. The van der Waals surface area contributed by atoms with Crippen molar-refractivity contribution in [3.05, 3.63) is 24.3 Å². The molecule has 1 N–H and O–H groups in total. The zero-order chi connectivity index (χ0) is 9.52. The quantitative estimate of drug-likeness (QED) is 0.645. The Morgan fingerprint density at radius 1 is 1.54 bits per heavy atom. The monoisotopic (exact) mass is 175 g/mol. The van der Waals surface area contributed by atoms with E-state index < -0.39 is 0 Å². The number of hydrogen-bond acceptors (Lipinski definition) is 3. The molecule has 0 atom stereocenters. The molecule has 0 radical (unpaired) electrons. The first-order valence-electron chi connectivity index (χ1n) is 3.77. The van der Waals surface area contributed by atoms with E-state index in [2.05, 4.69) is 21.2 Å². The van der Waals surface area contributed by atoms with Crippen LogP contribution in [0.25, 0.3) is 0 Å². The minimum absolute atomic E-state index is 0.118. The van der Waals surface area contributed by atoms with Crippen LogP contribution in [-0.2, 0) is 11.2 Å². The van der Waals surface area contributed by atoms with Gasteiger partial charge in [-0.05, 0) is 5.56 Å². The lowest BCUT2D eigenvalue weighted by Gasteiger charge is -1.99. The average Bonchev–Trinajstić information content (AvgIpc) is 2.16. The van der Waals surface area contributed by atoms with E-state index in [0.29, 0.717) is 0 Å². The molecule has 1 amide bonds. The molecule has 0 unspecified atom stereocenters. The van der Waals surface area contributed by atoms with Gasteiger partial charge in [-0.2, -0.15) is 0 Å². The first-order valence-corrected chi connectivity index (χ1v) is 3.77. The van der Waals surface area contributed by atoms with E-state index in [1.165, 1.54) is 6.33 Å². The van der Waals surface area contributed by atoms with Crippen molar-refractivity contribution in [2.45, 2.75) is 6.42 Å². The van der Waals surface area contributed by atoms with Gasteiger partial charge in [0.1, 0.15) is 6.33 Å². The molecule has 4 nitrogen and oxygen atoms in total. The summed E-state index contributed by atoms with van der Waals surface area (Å²) in [5, 5.41) is 2.55. The largest absolute Gasteiger partial charge is 0.345 e. The van der Waals surface area contributed by atoms with Gasteiger partial charge in [0.15, 0.2) is 0 Å². The minimum atomic E-state index is -0.118. The Morgan fingerprint density at radius 2 is 2.23 bits per heavy atom. The molecule has 4 heteroatoms. The summed E-state index contributed by atoms with van der Waals surface area (Å²) in [6, 6.07) is 0. The van der Waals surface area contributed by atoms with Crippen LogP contribution in [0.4, 0.5) is 0 Å². The van der Waals surface area contributed by atoms with Crippen molar-refractivity contribution in [2.75, 3.05) is 6.54 Å². The molecular weight excluding hydrogens is 166 g/mol. The predicted molar refractivity (Wildman–Crippen MR) is 47.6 cm³/mol. The van der Waals surface area contributed by atoms with E-state index in [0.717, 1.165) is 5.56 Å². The highest BCUT2D eigenvalue weighted by Gasteiger charge is 2.01. The zero-order valence-corrected chi connectivity index (χ0v) is 7.03. The molecule has 0 aliphatic heterocycles. The van der Waals surface area contributed by atoms with Gasteiger partial charge < -0.3 is 5.32 Å². The van der Waals surface area contributed by atoms with Crippen LogP contribution < -0.4 is 5.32 Å². The molecule has 0 aliphatic rings. The van der Waals surface area contributed by atoms with E-state index in [1.807, 2.05) is 0 Å². The van der Waals surface area contributed by atoms with Crippen molar-refractivity contribution in [1.29, 1.82) is 0 Å². The second kappa shape index (κ2) is 4.88. The summed E-state index contributed by atoms with van der Waals surface area (Å²) in [7, 11) is 0. The number of nitrogens with one attached hydrogen (secondary N) is 1. The lowest BCUT2D eigenvalue weighted by molar-refractivity contribution is -0.120. The Balaban J connectivity index is 2.42. The fraction of sp³-hybridized carbons (Fsp3) is 0.222. The molecule has 0 saturated heterocycles. The van der Waals surface area contributed by atoms with Crippen LogP contribution in [0, 0.1) is 12.3 Å². The third-order valence-corrected chi connectivity index (χ3v) is 1.37. The first-order chi connectivity index (χ1) is 6.33. The van der Waals surface area contributed by atoms with E-state index in [1.54, 1.807) is 12.4 Å². The van der Waals surface area contributed by atoms with Crippen molar-refractivity contribution in [1.82, 2.24) is 15.3 Å². The lowest BCUT2D eigenvalue weighted by atomic mass is 10.2. The molecule has 0 bridgehead atoms. The van der Waals surface area contributed by atoms with Gasteiger partial charge in [-0.25, -0.2) is 9.97 Å². The van der Waals surface area contributed by atoms with Gasteiger partial charge in [0.25, 0.3) is 0 Å². The second-order valence-corrected chi connectivity index (χ2v) is 2.40. The van der Waals surface area contributed by atoms with Crippen molar-refractivity contribution in [3.63, 3.8) is 0 Å². The SMILES string of the molecule is C#CCNC(=O)Cc1cncnc1. The standard InChI is InChI=1S/C9H9N3O/c1-2-3-12-9(13)4-8-5-10-7-11-6-8/h1,5-7H,3-4H2,(H,12,13). The molecule has 0 aromatic carbocycles. The summed E-state index contributed by atoms with van der Waals surface area (Å²) in [5.74, 6) is 2.20. The molecule has 0 saturated carbocycles. The van der Waals surface area contributed by atoms with Gasteiger partial charge in [0.2, 0.25) is 5.91 Å². The van der Waals surface area contributed by atoms with Crippen LogP contribution in [0.15, 0.2) is 18.7 Å². The van der Waals surface area contributed by atoms with E-state index in [-0.39, 0.29) is 18.9 Å². The highest BCUT2D eigenvalue weighted by Crippen LogP contribution is 1.93. The van der Waals surface area contributed by atoms with Crippen LogP contribution in [0.5, 0.6) is 0 Å². The number of carbonyl (C=O) groups is 1. The molecule has 1 heterocycles. The number of terminal acetylenes is 1. The third-order valence-electron chi connectivity index (χ3n) is 1.37. The smallest absolute Gasteiger partial charge is 0.225 e. The minimum Gasteiger partial charge on any atom is -0.345 e. The Bertz CT molecular complexity index is 315. The van der Waals surface area contributed by atoms with Gasteiger partial charge in [-0.15, -0.1) is 6.42 Å². The molecule has 0 fully saturated rings. The van der Waals surface area contributed by atoms with E-state index in [4.69, 9.17) is 6.42 Å². The van der Waals surface area contributed by atoms with E-state index in [9.17, 15) is 4.79 Å². The summed E-state index contributed by atoms with van der Waals surface area (Å²) >= 11 is 0. The molecule has 1 aromatic rings. The van der Waals surface area contributed by atoms with Crippen LogP contribution in [0.1, 0.15) is 5.56 Å². The predicted octanol–water partition coefficient (Wildman–Crippen LogP) is -0.232. The molecule has 1 aromatic heterocycles. The lowest BCUT2D eigenvalue weighted by Crippen LogP contribution is -2.25. The van der Waals surface area contributed by atoms with Crippen molar-refractivity contribution < 1.29 is 4.79 Å². The second-order valence-electron chi connectivity index (χ2n) is 2.40. The van der Waals surface area contributed by atoms with Crippen molar-refractivity contribution in [3.8, 4) is 12.3 Å². The molecule has 0 spiro atoms. The van der Waals surface area contributed by atoms with E-state index >= 15 is 0 Å². The number of hydrogen-bond donors (Lipinski definition) is 1. The highest BCUT2D eigenvalue weighted by molar-refractivity contribution is 5.78. The summed E-state index contributed by atoms with van der Waals surface area (Å²) in [4.78, 5) is 18.7. The van der Waals surface area contributed by atoms with Crippen LogP contribution in [-0.4, -0.2) is 22.4 Å². The maximum atomic E-state index is 11.1. The summed E-state index contributed by atoms with van der Waals surface area (Å²) in [6.07, 6.45) is 9.87. The van der Waals surface area contributed by atoms with Gasteiger partial charge in [-0.1, -0.05) is 5.92 Å². The first kappa shape index (κ1) is 9.20. The van der Waals surface area contributed by atoms with Crippen LogP contribution in [0.3, 0.4) is 0 Å². The highest BCUT2D eigenvalue weighted by atomic mass is 16.1. The van der Waals surface area contributed by atoms with Gasteiger partial charge in [-0.3, -0.25) is 4.79 Å². The van der Waals surface area contributed by atoms with Gasteiger partial charge >= 0.3 is 0 Å². The molecular formula is C9H9N3O. The maximum Gasteiger partial charge on any atom is 0.225 e. The molecule has 0 aliphatic carbocycles. The van der Waals surface area contributed by atoms with Crippen LogP contribution in [0.2, 0.25) is 0 Å². The number of carbonyl (C=O) groups excluding carboxylic acids is 1. The third kappa shape index (κ3) is 3.34. The number of rotatable bonds is 3. The Labute approximate surface area is 76.4 Å². The number of aromatic nitrogens is 2. The Kier molecular flexibility index (Phi) is 3.45. The van der Waals surface area contributed by atoms with Gasteiger partial charge in [0, 0.05) is 12.4 Å². The fourth-order valence-corrected chi connectivity index (χ4v) is 0.819. The normalized spacial score (nSPS) is 8.85. The molecule has 66 valence electrons. The number of amides is 1. The van der Waals surface area contributed by atoms with Gasteiger partial charge in [0.05, 0.1) is 13.0 Å². The Hall–Kier alpha value is -1.89. The fourth-order valence-electron chi connectivity index (χ4n) is 0.819. The Morgan fingerprint density at radius 3 is 2.85 bits per heavy atom. The average molecular weight is 175 g/mol. The summed E-state index contributed by atoms with van der Waals surface area (Å²) in [5.41, 5.74) is 0.775. The summed E-state index contributed by atoms with van der Waals surface area (Å²) in [6.45, 7) is 0.256. The van der Waals surface area contributed by atoms with Crippen molar-refractivity contribution in [2.24, 2.45) is 0 Å². The van der Waals surface area contributed by atoms with Crippen LogP contribution >= 0.6 is 0 Å².